The highest BCUT2D eigenvalue weighted by molar-refractivity contribution is 7.55. The molecule has 0 aliphatic rings. The van der Waals surface area contributed by atoms with Crippen LogP contribution in [0.2, 0.25) is 0 Å². The van der Waals surface area contributed by atoms with Crippen molar-refractivity contribution in [2.24, 2.45) is 0 Å². The molecule has 9 heteroatoms. The van der Waals surface area contributed by atoms with Gasteiger partial charge in [0.1, 0.15) is 0 Å². The molecule has 0 N–H and O–H groups in total. The molecule has 0 saturated heterocycles. The quantitative estimate of drug-likeness (QED) is 0.276. The molecule has 0 amide bonds. The highest BCUT2D eigenvalue weighted by atomic mass is 31.2. The molecule has 0 rings (SSSR count). The van der Waals surface area contributed by atoms with Crippen LogP contribution in [0.4, 0.5) is 0 Å². The summed E-state index contributed by atoms with van der Waals surface area (Å²) >= 11 is 0. The molecule has 0 aliphatic carbocycles. The first-order valence-electron chi connectivity index (χ1n) is 3.70. The summed E-state index contributed by atoms with van der Waals surface area (Å²) in [5.74, 6) is -2.52. The van der Waals surface area contributed by atoms with Gasteiger partial charge < -0.3 is 9.47 Å². The smallest absolute Gasteiger partial charge is 0.424 e. The van der Waals surface area contributed by atoms with E-state index in [-0.39, 0.29) is 0 Å². The highest BCUT2D eigenvalue weighted by Gasteiger charge is 2.45. The van der Waals surface area contributed by atoms with Gasteiger partial charge in [0, 0.05) is 7.11 Å². The van der Waals surface area contributed by atoms with E-state index >= 15 is 0 Å². The Balaban J connectivity index is 4.84. The first-order valence-corrected chi connectivity index (χ1v) is 5.32. The number of hydrogen-bond donors (Lipinski definition) is 0. The third-order valence-electron chi connectivity index (χ3n) is 1.27. The molecule has 0 aromatic carbocycles. The van der Waals surface area contributed by atoms with Crippen molar-refractivity contribution in [2.45, 2.75) is 5.85 Å². The number of carbonyl (C=O) groups excluding carboxylic acids is 1. The van der Waals surface area contributed by atoms with E-state index in [1.165, 1.54) is 0 Å². The van der Waals surface area contributed by atoms with E-state index in [9.17, 15) is 9.36 Å². The van der Waals surface area contributed by atoms with Gasteiger partial charge in [-0.25, -0.2) is 14.6 Å². The Morgan fingerprint density at radius 1 is 1.07 bits per heavy atom. The van der Waals surface area contributed by atoms with E-state index in [1.807, 2.05) is 0 Å². The minimum absolute atomic E-state index is 0.935. The van der Waals surface area contributed by atoms with Gasteiger partial charge in [0.2, 0.25) is 0 Å². The Morgan fingerprint density at radius 3 is 1.80 bits per heavy atom. The average Bonchev–Trinajstić information content (AvgIpc) is 2.19. The normalized spacial score (nSPS) is 13.6. The zero-order chi connectivity index (χ0) is 11.9. The Morgan fingerprint density at radius 2 is 1.53 bits per heavy atom. The second-order valence-electron chi connectivity index (χ2n) is 2.13. The standard InChI is InChI=1S/C6H13O8P/c1-9-5(7)6(10-2)15(8,13-11-3)14-12-4/h6H,1-4H3. The van der Waals surface area contributed by atoms with Crippen LogP contribution in [0, 0.1) is 0 Å². The third-order valence-corrected chi connectivity index (χ3v) is 2.98. The van der Waals surface area contributed by atoms with Crippen LogP contribution in [0.1, 0.15) is 0 Å². The summed E-state index contributed by atoms with van der Waals surface area (Å²) in [6, 6.07) is 0. The minimum atomic E-state index is -4.04. The summed E-state index contributed by atoms with van der Waals surface area (Å²) in [4.78, 5) is 19.5. The molecule has 0 bridgehead atoms. The van der Waals surface area contributed by atoms with Gasteiger partial charge in [-0.3, -0.25) is 4.57 Å². The molecule has 0 aliphatic heterocycles. The van der Waals surface area contributed by atoms with Crippen molar-refractivity contribution in [3.8, 4) is 0 Å². The number of carbonyl (C=O) groups is 1. The number of ether oxygens (including phenoxy) is 2. The van der Waals surface area contributed by atoms with E-state index in [1.54, 1.807) is 0 Å². The van der Waals surface area contributed by atoms with Gasteiger partial charge in [-0.1, -0.05) is 0 Å². The Hall–Kier alpha value is -0.500. The molecule has 0 aromatic heterocycles. The lowest BCUT2D eigenvalue weighted by atomic mass is 10.7. The predicted octanol–water partition coefficient (Wildman–Crippen LogP) is 0.481. The molecule has 0 radical (unpaired) electrons. The molecular formula is C6H13O8P. The molecule has 1 unspecified atom stereocenters. The number of hydrogen-bond acceptors (Lipinski definition) is 8. The Labute approximate surface area is 86.7 Å². The van der Waals surface area contributed by atoms with Crippen molar-refractivity contribution in [2.75, 3.05) is 28.4 Å². The Bertz CT molecular complexity index is 231. The van der Waals surface area contributed by atoms with Gasteiger partial charge in [0.05, 0.1) is 21.3 Å². The van der Waals surface area contributed by atoms with Crippen molar-refractivity contribution >= 4 is 13.6 Å². The van der Waals surface area contributed by atoms with Crippen LogP contribution in [-0.4, -0.2) is 40.3 Å². The fourth-order valence-electron chi connectivity index (χ4n) is 0.754. The summed E-state index contributed by atoms with van der Waals surface area (Å²) < 4.78 is 29.4. The largest absolute Gasteiger partial charge is 0.467 e. The maximum atomic E-state index is 11.8. The van der Waals surface area contributed by atoms with Crippen molar-refractivity contribution in [1.82, 2.24) is 0 Å². The van der Waals surface area contributed by atoms with E-state index in [4.69, 9.17) is 0 Å². The maximum absolute atomic E-state index is 11.8. The van der Waals surface area contributed by atoms with E-state index in [0.29, 0.717) is 0 Å². The van der Waals surface area contributed by atoms with Crippen LogP contribution in [-0.2, 0) is 38.0 Å². The zero-order valence-electron chi connectivity index (χ0n) is 8.79. The monoisotopic (exact) mass is 244 g/mol. The molecule has 90 valence electrons. The summed E-state index contributed by atoms with van der Waals surface area (Å²) in [6.45, 7) is 0. The SMILES string of the molecule is COOP(=O)(OOC)C(OC)C(=O)OC. The van der Waals surface area contributed by atoms with Gasteiger partial charge in [-0.2, -0.15) is 0 Å². The highest BCUT2D eigenvalue weighted by Crippen LogP contribution is 2.53. The van der Waals surface area contributed by atoms with Crippen molar-refractivity contribution in [1.29, 1.82) is 0 Å². The Kier molecular flexibility index (Phi) is 6.66. The molecule has 0 aromatic rings. The summed E-state index contributed by atoms with van der Waals surface area (Å²) in [5.41, 5.74) is 0. The van der Waals surface area contributed by atoms with Gasteiger partial charge in [0.15, 0.2) is 0 Å². The third kappa shape index (κ3) is 3.86. The summed E-state index contributed by atoms with van der Waals surface area (Å²) in [6.07, 6.45) is 0. The van der Waals surface area contributed by atoms with Crippen LogP contribution in [0.5, 0.6) is 0 Å². The van der Waals surface area contributed by atoms with Gasteiger partial charge >= 0.3 is 13.6 Å². The van der Waals surface area contributed by atoms with Crippen molar-refractivity contribution < 1.29 is 38.0 Å². The maximum Gasteiger partial charge on any atom is 0.424 e. The van der Waals surface area contributed by atoms with Gasteiger partial charge in [-0.05, 0) is 0 Å². The molecular weight excluding hydrogens is 231 g/mol. The molecule has 0 spiro atoms. The summed E-state index contributed by atoms with van der Waals surface area (Å²) in [7, 11) is 0.369. The lowest BCUT2D eigenvalue weighted by Gasteiger charge is -2.19. The molecule has 8 nitrogen and oxygen atoms in total. The van der Waals surface area contributed by atoms with E-state index in [0.717, 1.165) is 28.4 Å². The fourth-order valence-corrected chi connectivity index (χ4v) is 1.97. The van der Waals surface area contributed by atoms with Crippen LogP contribution < -0.4 is 0 Å². The minimum Gasteiger partial charge on any atom is -0.467 e. The number of methoxy groups -OCH3 is 2. The average molecular weight is 244 g/mol. The first-order chi connectivity index (χ1) is 7.05. The second kappa shape index (κ2) is 6.89. The summed E-state index contributed by atoms with van der Waals surface area (Å²) in [5, 5.41) is 0. The van der Waals surface area contributed by atoms with Crippen molar-refractivity contribution in [3.05, 3.63) is 0 Å². The van der Waals surface area contributed by atoms with Gasteiger partial charge in [-0.15, -0.1) is 9.35 Å². The van der Waals surface area contributed by atoms with Crippen LogP contribution >= 0.6 is 7.60 Å². The van der Waals surface area contributed by atoms with Gasteiger partial charge in [0.25, 0.3) is 5.85 Å². The molecule has 0 fully saturated rings. The topological polar surface area (TPSA) is 89.5 Å². The van der Waals surface area contributed by atoms with Crippen molar-refractivity contribution in [3.63, 3.8) is 0 Å². The lowest BCUT2D eigenvalue weighted by Crippen LogP contribution is -2.26. The number of esters is 1. The molecule has 0 heterocycles. The first kappa shape index (κ1) is 14.5. The lowest BCUT2D eigenvalue weighted by molar-refractivity contribution is -0.248. The van der Waals surface area contributed by atoms with Crippen LogP contribution in [0.3, 0.4) is 0 Å². The van der Waals surface area contributed by atoms with Crippen LogP contribution in [0.25, 0.3) is 0 Å². The second-order valence-corrected chi connectivity index (χ2v) is 3.98. The zero-order valence-corrected chi connectivity index (χ0v) is 9.68. The predicted molar refractivity (Wildman–Crippen MR) is 46.6 cm³/mol. The van der Waals surface area contributed by atoms with Crippen LogP contribution in [0.15, 0.2) is 0 Å². The molecule has 0 saturated carbocycles. The van der Waals surface area contributed by atoms with E-state index in [2.05, 4.69) is 28.6 Å². The number of rotatable bonds is 7. The molecule has 1 atom stereocenters. The van der Waals surface area contributed by atoms with E-state index < -0.39 is 19.4 Å². The fraction of sp³-hybridized carbons (Fsp3) is 0.833. The molecule has 15 heavy (non-hydrogen) atoms.